The first kappa shape index (κ1) is 18.0. The molecule has 0 bridgehead atoms. The van der Waals surface area contributed by atoms with Gasteiger partial charge >= 0.3 is 5.97 Å². The van der Waals surface area contributed by atoms with Crippen molar-refractivity contribution in [3.63, 3.8) is 0 Å². The second-order valence-corrected chi connectivity index (χ2v) is 7.88. The normalized spacial score (nSPS) is 22.4. The van der Waals surface area contributed by atoms with E-state index in [1.54, 1.807) is 0 Å². The zero-order valence-electron chi connectivity index (χ0n) is 14.9. The van der Waals surface area contributed by atoms with Crippen molar-refractivity contribution >= 4 is 5.97 Å². The predicted molar refractivity (Wildman–Crippen MR) is 89.1 cm³/mol. The van der Waals surface area contributed by atoms with Crippen molar-refractivity contribution < 1.29 is 9.53 Å². The van der Waals surface area contributed by atoms with Gasteiger partial charge in [0.2, 0.25) is 0 Å². The molecule has 1 rings (SSSR count). The number of esters is 1. The number of rotatable bonds is 3. The summed E-state index contributed by atoms with van der Waals surface area (Å²) in [5, 5.41) is 0. The third-order valence-electron chi connectivity index (χ3n) is 4.36. The number of carbonyl (C=O) groups excluding carboxylic acids is 1. The number of allylic oxidation sites excluding steroid dienone is 2. The van der Waals surface area contributed by atoms with Gasteiger partial charge in [-0.15, -0.1) is 0 Å². The third kappa shape index (κ3) is 5.68. The summed E-state index contributed by atoms with van der Waals surface area (Å²) < 4.78 is 5.74. The first-order chi connectivity index (χ1) is 9.61. The van der Waals surface area contributed by atoms with Crippen LogP contribution in [0.5, 0.6) is 0 Å². The lowest BCUT2D eigenvalue weighted by Gasteiger charge is -2.36. The van der Waals surface area contributed by atoms with Gasteiger partial charge < -0.3 is 4.74 Å². The van der Waals surface area contributed by atoms with Gasteiger partial charge in [0.25, 0.3) is 0 Å². The van der Waals surface area contributed by atoms with Gasteiger partial charge in [0.05, 0.1) is 5.57 Å². The van der Waals surface area contributed by atoms with E-state index < -0.39 is 0 Å². The highest BCUT2D eigenvalue weighted by Crippen LogP contribution is 2.38. The van der Waals surface area contributed by atoms with Gasteiger partial charge in [0.1, 0.15) is 6.10 Å². The van der Waals surface area contributed by atoms with Crippen molar-refractivity contribution in [2.24, 2.45) is 11.3 Å². The lowest BCUT2D eigenvalue weighted by molar-refractivity contribution is -0.146. The average Bonchev–Trinajstić information content (AvgIpc) is 2.34. The molecule has 0 aromatic carbocycles. The van der Waals surface area contributed by atoms with Gasteiger partial charge in [-0.05, 0) is 70.8 Å². The summed E-state index contributed by atoms with van der Waals surface area (Å²) in [5.41, 5.74) is 3.22. The van der Waals surface area contributed by atoms with E-state index in [4.69, 9.17) is 4.74 Å². The lowest BCUT2D eigenvalue weighted by atomic mass is 9.72. The molecule has 21 heavy (non-hydrogen) atoms. The Morgan fingerprint density at radius 2 is 1.52 bits per heavy atom. The maximum Gasteiger partial charge on any atom is 0.338 e. The van der Waals surface area contributed by atoms with Crippen molar-refractivity contribution in [2.75, 3.05) is 0 Å². The molecule has 0 unspecified atom stereocenters. The summed E-state index contributed by atoms with van der Waals surface area (Å²) in [6, 6.07) is 0. The van der Waals surface area contributed by atoms with Crippen LogP contribution in [0.25, 0.3) is 0 Å². The van der Waals surface area contributed by atoms with Crippen LogP contribution in [0, 0.1) is 11.3 Å². The molecule has 0 heterocycles. The molecule has 0 amide bonds. The van der Waals surface area contributed by atoms with Gasteiger partial charge in [-0.3, -0.25) is 0 Å². The summed E-state index contributed by atoms with van der Waals surface area (Å²) in [5.74, 6) is 0.587. The Labute approximate surface area is 130 Å². The molecule has 0 aliphatic heterocycles. The van der Waals surface area contributed by atoms with E-state index in [1.165, 1.54) is 0 Å². The SMILES string of the molecule is CC(C)=CC(C(=O)OC1CCC(C(C)(C)C)CC1)=C(C)C. The molecule has 1 aliphatic carbocycles. The fraction of sp³-hybridized carbons (Fsp3) is 0.737. The average molecular weight is 292 g/mol. The molecule has 0 spiro atoms. The minimum absolute atomic E-state index is 0.0935. The Balaban J connectivity index is 2.62. The molecule has 120 valence electrons. The summed E-state index contributed by atoms with van der Waals surface area (Å²) in [6.07, 6.45) is 6.34. The van der Waals surface area contributed by atoms with Crippen LogP contribution in [0.15, 0.2) is 22.8 Å². The molecular weight excluding hydrogens is 260 g/mol. The van der Waals surface area contributed by atoms with Crippen molar-refractivity contribution in [3.05, 3.63) is 22.8 Å². The maximum atomic E-state index is 12.3. The summed E-state index contributed by atoms with van der Waals surface area (Å²) in [7, 11) is 0. The van der Waals surface area contributed by atoms with E-state index in [2.05, 4.69) is 20.8 Å². The molecule has 0 aromatic rings. The van der Waals surface area contributed by atoms with E-state index in [0.717, 1.165) is 42.7 Å². The zero-order chi connectivity index (χ0) is 16.2. The van der Waals surface area contributed by atoms with E-state index in [1.807, 2.05) is 33.8 Å². The Morgan fingerprint density at radius 3 is 1.90 bits per heavy atom. The number of carbonyl (C=O) groups is 1. The van der Waals surface area contributed by atoms with Crippen LogP contribution in [0.3, 0.4) is 0 Å². The molecule has 0 atom stereocenters. The molecule has 0 radical (unpaired) electrons. The Kier molecular flexibility index (Phi) is 6.24. The third-order valence-corrected chi connectivity index (χ3v) is 4.36. The van der Waals surface area contributed by atoms with E-state index in [0.29, 0.717) is 11.0 Å². The summed E-state index contributed by atoms with van der Waals surface area (Å²) in [4.78, 5) is 12.3. The first-order valence-corrected chi connectivity index (χ1v) is 8.14. The molecule has 1 saturated carbocycles. The number of ether oxygens (including phenoxy) is 1. The molecule has 1 aliphatic rings. The molecule has 0 saturated heterocycles. The summed E-state index contributed by atoms with van der Waals surface area (Å²) in [6.45, 7) is 14.9. The maximum absolute atomic E-state index is 12.3. The highest BCUT2D eigenvalue weighted by atomic mass is 16.5. The smallest absolute Gasteiger partial charge is 0.338 e. The van der Waals surface area contributed by atoms with E-state index in [-0.39, 0.29) is 12.1 Å². The van der Waals surface area contributed by atoms with Gasteiger partial charge in [-0.25, -0.2) is 4.79 Å². The quantitative estimate of drug-likeness (QED) is 0.393. The van der Waals surface area contributed by atoms with Gasteiger partial charge in [-0.2, -0.15) is 0 Å². The Hall–Kier alpha value is -1.05. The monoisotopic (exact) mass is 292 g/mol. The summed E-state index contributed by atoms with van der Waals surface area (Å²) >= 11 is 0. The van der Waals surface area contributed by atoms with Gasteiger partial charge in [-0.1, -0.05) is 31.9 Å². The van der Waals surface area contributed by atoms with Crippen molar-refractivity contribution in [1.82, 2.24) is 0 Å². The van der Waals surface area contributed by atoms with E-state index in [9.17, 15) is 4.79 Å². The fourth-order valence-corrected chi connectivity index (χ4v) is 2.96. The minimum atomic E-state index is -0.157. The lowest BCUT2D eigenvalue weighted by Crippen LogP contribution is -2.30. The molecule has 2 nitrogen and oxygen atoms in total. The van der Waals surface area contributed by atoms with E-state index >= 15 is 0 Å². The highest BCUT2D eigenvalue weighted by Gasteiger charge is 2.31. The fourth-order valence-electron chi connectivity index (χ4n) is 2.96. The Morgan fingerprint density at radius 1 is 1.00 bits per heavy atom. The molecule has 0 aromatic heterocycles. The standard InChI is InChI=1S/C19H32O2/c1-13(2)12-17(14(3)4)18(20)21-16-10-8-15(9-11-16)19(5,6)7/h12,15-16H,8-11H2,1-7H3. The van der Waals surface area contributed by atoms with Crippen molar-refractivity contribution in [2.45, 2.75) is 80.3 Å². The van der Waals surface area contributed by atoms with Crippen LogP contribution in [-0.4, -0.2) is 12.1 Å². The molecular formula is C19H32O2. The highest BCUT2D eigenvalue weighted by molar-refractivity contribution is 5.92. The van der Waals surface area contributed by atoms with Crippen LogP contribution in [-0.2, 0) is 9.53 Å². The number of hydrogen-bond acceptors (Lipinski definition) is 2. The molecule has 0 N–H and O–H groups in total. The largest absolute Gasteiger partial charge is 0.459 e. The second kappa shape index (κ2) is 7.29. The minimum Gasteiger partial charge on any atom is -0.459 e. The van der Waals surface area contributed by atoms with Crippen LogP contribution < -0.4 is 0 Å². The molecule has 2 heteroatoms. The van der Waals surface area contributed by atoms with Crippen LogP contribution in [0.2, 0.25) is 0 Å². The molecule has 1 fully saturated rings. The number of hydrogen-bond donors (Lipinski definition) is 0. The Bertz CT molecular complexity index is 419. The van der Waals surface area contributed by atoms with Crippen molar-refractivity contribution in [3.8, 4) is 0 Å². The second-order valence-electron chi connectivity index (χ2n) is 7.88. The van der Waals surface area contributed by atoms with Gasteiger partial charge in [0, 0.05) is 0 Å². The van der Waals surface area contributed by atoms with Crippen LogP contribution in [0.4, 0.5) is 0 Å². The predicted octanol–water partition coefficient (Wildman–Crippen LogP) is 5.44. The van der Waals surface area contributed by atoms with Crippen LogP contribution in [0.1, 0.15) is 74.1 Å². The topological polar surface area (TPSA) is 26.3 Å². The van der Waals surface area contributed by atoms with Crippen LogP contribution >= 0.6 is 0 Å². The van der Waals surface area contributed by atoms with Crippen molar-refractivity contribution in [1.29, 1.82) is 0 Å². The van der Waals surface area contributed by atoms with Gasteiger partial charge in [0.15, 0.2) is 0 Å². The first-order valence-electron chi connectivity index (χ1n) is 8.14. The zero-order valence-corrected chi connectivity index (χ0v) is 14.9.